The topological polar surface area (TPSA) is 149 Å². The van der Waals surface area contributed by atoms with Gasteiger partial charge in [-0.3, -0.25) is 4.79 Å². The van der Waals surface area contributed by atoms with Crippen LogP contribution >= 0.6 is 0 Å². The number of benzene rings is 1. The molecule has 12 heteroatoms. The lowest BCUT2D eigenvalue weighted by molar-refractivity contribution is 0.0371. The van der Waals surface area contributed by atoms with Crippen molar-refractivity contribution in [2.75, 3.05) is 37.4 Å². The number of nitrogens with one attached hydrogen (secondary N) is 3. The number of hydrogen-bond donors (Lipinski definition) is 4. The first-order valence-corrected chi connectivity index (χ1v) is 14.3. The fraction of sp³-hybridized carbons (Fsp3) is 0.586. The summed E-state index contributed by atoms with van der Waals surface area (Å²) in [4.78, 5) is 42.5. The van der Waals surface area contributed by atoms with Gasteiger partial charge in [0.2, 0.25) is 0 Å². The van der Waals surface area contributed by atoms with Crippen LogP contribution in [-0.2, 0) is 0 Å². The van der Waals surface area contributed by atoms with E-state index in [-0.39, 0.29) is 48.6 Å². The largest absolute Gasteiger partial charge is 0.487 e. The minimum atomic E-state index is -0.468. The standard InChI is InChI=1S/C29H42N6O6/c1-17-14-35(18(2)16-36)27(37)23-13-22(31-28(38)30-21-9-7-6-8-10-21)11-12-24(23)40-25(17)15-34(5)29(39)32-26-19(3)33-41-20(26)4/h11-13,17-18,21,25,36H,6-10,14-16H2,1-5H3,(H,32,39)(H2,30,31,38)/t17-,18+,25+/m0/s1. The zero-order chi connectivity index (χ0) is 29.7. The van der Waals surface area contributed by atoms with Crippen molar-refractivity contribution in [1.29, 1.82) is 0 Å². The van der Waals surface area contributed by atoms with E-state index in [4.69, 9.17) is 9.26 Å². The molecule has 12 nitrogen and oxygen atoms in total. The van der Waals surface area contributed by atoms with E-state index in [1.807, 2.05) is 6.92 Å². The Morgan fingerprint density at radius 1 is 1.20 bits per heavy atom. The van der Waals surface area contributed by atoms with Gasteiger partial charge in [0, 0.05) is 31.2 Å². The number of urea groups is 2. The molecule has 4 N–H and O–H groups in total. The summed E-state index contributed by atoms with van der Waals surface area (Å²) in [7, 11) is 1.67. The molecule has 0 unspecified atom stereocenters. The maximum Gasteiger partial charge on any atom is 0.321 e. The quantitative estimate of drug-likeness (QED) is 0.391. The van der Waals surface area contributed by atoms with Crippen LogP contribution in [0.2, 0.25) is 0 Å². The van der Waals surface area contributed by atoms with Crippen molar-refractivity contribution < 1.29 is 28.8 Å². The summed E-state index contributed by atoms with van der Waals surface area (Å²) in [6.07, 6.45) is 4.85. The summed E-state index contributed by atoms with van der Waals surface area (Å²) in [5, 5.41) is 22.5. The summed E-state index contributed by atoms with van der Waals surface area (Å²) in [6, 6.07) is 4.02. The number of aromatic nitrogens is 1. The first-order chi connectivity index (χ1) is 19.6. The predicted octanol–water partition coefficient (Wildman–Crippen LogP) is 4.13. The molecule has 1 aromatic heterocycles. The molecule has 2 aromatic rings. The molecule has 3 atom stereocenters. The summed E-state index contributed by atoms with van der Waals surface area (Å²) >= 11 is 0. The van der Waals surface area contributed by atoms with Gasteiger partial charge in [0.1, 0.15) is 23.2 Å². The van der Waals surface area contributed by atoms with Crippen LogP contribution in [0, 0.1) is 19.8 Å². The second-order valence-electron chi connectivity index (χ2n) is 11.3. The van der Waals surface area contributed by atoms with Crippen LogP contribution in [-0.4, -0.2) is 83.0 Å². The SMILES string of the molecule is Cc1noc(C)c1NC(=O)N(C)C[C@H]1Oc2ccc(NC(=O)NC3CCCCC3)cc2C(=O)N([C@H](C)CO)C[C@@H]1C. The zero-order valence-electron chi connectivity index (χ0n) is 24.5. The third-order valence-corrected chi connectivity index (χ3v) is 7.93. The second-order valence-corrected chi connectivity index (χ2v) is 11.3. The van der Waals surface area contributed by atoms with Gasteiger partial charge in [0.15, 0.2) is 5.76 Å². The van der Waals surface area contributed by atoms with Crippen LogP contribution in [0.3, 0.4) is 0 Å². The van der Waals surface area contributed by atoms with Gasteiger partial charge in [-0.2, -0.15) is 0 Å². The number of likely N-dealkylation sites (N-methyl/N-ethyl adjacent to an activating group) is 1. The monoisotopic (exact) mass is 570 g/mol. The van der Waals surface area contributed by atoms with Crippen LogP contribution in [0.15, 0.2) is 22.7 Å². The molecule has 1 aliphatic carbocycles. The normalized spacial score (nSPS) is 20.2. The predicted molar refractivity (Wildman–Crippen MR) is 154 cm³/mol. The molecule has 0 saturated heterocycles. The maximum absolute atomic E-state index is 13.7. The molecule has 0 radical (unpaired) electrons. The van der Waals surface area contributed by atoms with E-state index in [2.05, 4.69) is 21.1 Å². The van der Waals surface area contributed by atoms with E-state index in [0.29, 0.717) is 35.1 Å². The number of aliphatic hydroxyl groups excluding tert-OH is 1. The van der Waals surface area contributed by atoms with Crippen LogP contribution in [0.5, 0.6) is 5.75 Å². The second kappa shape index (κ2) is 13.2. The molecule has 4 rings (SSSR count). The summed E-state index contributed by atoms with van der Waals surface area (Å²) < 4.78 is 11.5. The molecule has 2 heterocycles. The van der Waals surface area contributed by atoms with E-state index < -0.39 is 12.1 Å². The molecular weight excluding hydrogens is 528 g/mol. The highest BCUT2D eigenvalue weighted by Gasteiger charge is 2.34. The number of amides is 5. The Hall–Kier alpha value is -3.80. The third kappa shape index (κ3) is 7.29. The van der Waals surface area contributed by atoms with Crippen LogP contribution in [0.1, 0.15) is 67.8 Å². The van der Waals surface area contributed by atoms with Gasteiger partial charge in [-0.25, -0.2) is 9.59 Å². The molecule has 1 aromatic carbocycles. The Morgan fingerprint density at radius 2 is 1.93 bits per heavy atom. The van der Waals surface area contributed by atoms with Crippen molar-refractivity contribution in [3.63, 3.8) is 0 Å². The number of fused-ring (bicyclic) bond motifs is 1. The smallest absolute Gasteiger partial charge is 0.321 e. The van der Waals surface area contributed by atoms with E-state index in [0.717, 1.165) is 25.7 Å². The molecule has 5 amide bonds. The fourth-order valence-corrected chi connectivity index (χ4v) is 5.33. The zero-order valence-corrected chi connectivity index (χ0v) is 24.5. The lowest BCUT2D eigenvalue weighted by atomic mass is 9.96. The van der Waals surface area contributed by atoms with E-state index >= 15 is 0 Å². The lowest BCUT2D eigenvalue weighted by Gasteiger charge is -2.38. The Labute approximate surface area is 240 Å². The van der Waals surface area contributed by atoms with Gasteiger partial charge < -0.3 is 40.1 Å². The molecule has 0 spiro atoms. The Balaban J connectivity index is 1.53. The van der Waals surface area contributed by atoms with Crippen molar-refractivity contribution in [1.82, 2.24) is 20.3 Å². The number of rotatable bonds is 7. The number of aryl methyl sites for hydroxylation is 2. The molecule has 2 aliphatic rings. The Bertz CT molecular complexity index is 1220. The van der Waals surface area contributed by atoms with Crippen LogP contribution in [0.4, 0.5) is 21.0 Å². The molecular formula is C29H42N6O6. The van der Waals surface area contributed by atoms with Gasteiger partial charge in [-0.1, -0.05) is 31.3 Å². The van der Waals surface area contributed by atoms with Gasteiger partial charge in [0.25, 0.3) is 5.91 Å². The Kier molecular flexibility index (Phi) is 9.74. The van der Waals surface area contributed by atoms with Crippen molar-refractivity contribution in [3.05, 3.63) is 35.2 Å². The molecule has 0 bridgehead atoms. The first-order valence-electron chi connectivity index (χ1n) is 14.3. The highest BCUT2D eigenvalue weighted by Crippen LogP contribution is 2.31. The van der Waals surface area contributed by atoms with Crippen LogP contribution < -0.4 is 20.7 Å². The molecule has 1 saturated carbocycles. The number of aliphatic hydroxyl groups is 1. The summed E-state index contributed by atoms with van der Waals surface area (Å²) in [5.41, 5.74) is 1.85. The molecule has 224 valence electrons. The van der Waals surface area contributed by atoms with E-state index in [9.17, 15) is 19.5 Å². The highest BCUT2D eigenvalue weighted by molar-refractivity contribution is 5.99. The van der Waals surface area contributed by atoms with E-state index in [1.54, 1.807) is 50.9 Å². The number of hydrogen-bond acceptors (Lipinski definition) is 7. The first kappa shape index (κ1) is 30.2. The van der Waals surface area contributed by atoms with Gasteiger partial charge in [0.05, 0.1) is 24.8 Å². The molecule has 1 aliphatic heterocycles. The van der Waals surface area contributed by atoms with Gasteiger partial charge in [-0.15, -0.1) is 0 Å². The van der Waals surface area contributed by atoms with Gasteiger partial charge >= 0.3 is 12.1 Å². The lowest BCUT2D eigenvalue weighted by Crippen LogP contribution is -2.50. The summed E-state index contributed by atoms with van der Waals surface area (Å²) in [5.74, 6) is 0.388. The van der Waals surface area contributed by atoms with Crippen molar-refractivity contribution >= 4 is 29.3 Å². The number of nitrogens with zero attached hydrogens (tertiary/aromatic N) is 3. The fourth-order valence-electron chi connectivity index (χ4n) is 5.33. The van der Waals surface area contributed by atoms with Crippen molar-refractivity contribution in [3.8, 4) is 5.75 Å². The average molecular weight is 571 g/mol. The van der Waals surface area contributed by atoms with Crippen molar-refractivity contribution in [2.45, 2.75) is 78.0 Å². The third-order valence-electron chi connectivity index (χ3n) is 7.93. The maximum atomic E-state index is 13.7. The van der Waals surface area contributed by atoms with Gasteiger partial charge in [-0.05, 0) is 51.8 Å². The van der Waals surface area contributed by atoms with Crippen LogP contribution in [0.25, 0.3) is 0 Å². The summed E-state index contributed by atoms with van der Waals surface area (Å²) in [6.45, 7) is 7.54. The number of carbonyl (C=O) groups excluding carboxylic acids is 3. The number of carbonyl (C=O) groups is 3. The molecule has 1 fully saturated rings. The van der Waals surface area contributed by atoms with Crippen molar-refractivity contribution in [2.24, 2.45) is 5.92 Å². The molecule has 41 heavy (non-hydrogen) atoms. The number of ether oxygens (including phenoxy) is 1. The average Bonchev–Trinajstić information content (AvgIpc) is 3.27. The highest BCUT2D eigenvalue weighted by atomic mass is 16.5. The Morgan fingerprint density at radius 3 is 2.59 bits per heavy atom. The van der Waals surface area contributed by atoms with E-state index in [1.165, 1.54) is 11.3 Å². The minimum absolute atomic E-state index is 0.146. The minimum Gasteiger partial charge on any atom is -0.487 e. The number of anilines is 2.